The fraction of sp³-hybridized carbons (Fsp3) is 0.600. The van der Waals surface area contributed by atoms with Crippen molar-refractivity contribution in [2.75, 3.05) is 33.4 Å². The predicted molar refractivity (Wildman–Crippen MR) is 75.1 cm³/mol. The van der Waals surface area contributed by atoms with Gasteiger partial charge in [-0.3, -0.25) is 9.78 Å². The van der Waals surface area contributed by atoms with Crippen LogP contribution in [0.2, 0.25) is 0 Å². The van der Waals surface area contributed by atoms with Crippen molar-refractivity contribution in [3.8, 4) is 0 Å². The summed E-state index contributed by atoms with van der Waals surface area (Å²) >= 11 is 0. The molecule has 5 nitrogen and oxygen atoms in total. The zero-order valence-electron chi connectivity index (χ0n) is 11.9. The van der Waals surface area contributed by atoms with Crippen LogP contribution in [0.5, 0.6) is 0 Å². The first-order valence-electron chi connectivity index (χ1n) is 6.97. The highest BCUT2D eigenvalue weighted by atomic mass is 16.5. The third-order valence-corrected chi connectivity index (χ3v) is 3.97. The Morgan fingerprint density at radius 2 is 2.25 bits per heavy atom. The second-order valence-corrected chi connectivity index (χ2v) is 5.56. The van der Waals surface area contributed by atoms with E-state index >= 15 is 0 Å². The molecule has 1 N–H and O–H groups in total. The maximum atomic E-state index is 12.2. The minimum atomic E-state index is -0.211. The highest BCUT2D eigenvalue weighted by Crippen LogP contribution is 2.30. The SMILES string of the molecule is CN(CC1(CO)CCOCC1)C(=O)Cc1cccnc1. The van der Waals surface area contributed by atoms with E-state index in [0.717, 1.165) is 18.4 Å². The smallest absolute Gasteiger partial charge is 0.226 e. The molecule has 20 heavy (non-hydrogen) atoms. The van der Waals surface area contributed by atoms with E-state index in [9.17, 15) is 9.90 Å². The van der Waals surface area contributed by atoms with E-state index < -0.39 is 0 Å². The Labute approximate surface area is 119 Å². The Balaban J connectivity index is 1.93. The standard InChI is InChI=1S/C15H22N2O3/c1-17(11-15(12-18)4-7-20-8-5-15)14(19)9-13-3-2-6-16-10-13/h2-3,6,10,18H,4-5,7-9,11-12H2,1H3. The van der Waals surface area contributed by atoms with Crippen LogP contribution in [0.1, 0.15) is 18.4 Å². The number of aromatic nitrogens is 1. The average Bonchev–Trinajstić information content (AvgIpc) is 2.49. The normalized spacial score (nSPS) is 17.7. The Bertz CT molecular complexity index is 430. The van der Waals surface area contributed by atoms with Crippen LogP contribution in [0.15, 0.2) is 24.5 Å². The lowest BCUT2D eigenvalue weighted by molar-refractivity contribution is -0.132. The van der Waals surface area contributed by atoms with Gasteiger partial charge < -0.3 is 14.7 Å². The largest absolute Gasteiger partial charge is 0.396 e. The molecular formula is C15H22N2O3. The second kappa shape index (κ2) is 6.81. The molecule has 0 atom stereocenters. The van der Waals surface area contributed by atoms with E-state index in [4.69, 9.17) is 4.74 Å². The van der Waals surface area contributed by atoms with Crippen molar-refractivity contribution >= 4 is 5.91 Å². The van der Waals surface area contributed by atoms with E-state index in [2.05, 4.69) is 4.98 Å². The molecule has 1 saturated heterocycles. The van der Waals surface area contributed by atoms with Crippen LogP contribution in [0.4, 0.5) is 0 Å². The number of carbonyl (C=O) groups is 1. The fourth-order valence-electron chi connectivity index (χ4n) is 2.57. The lowest BCUT2D eigenvalue weighted by atomic mass is 9.80. The maximum Gasteiger partial charge on any atom is 0.226 e. The third-order valence-electron chi connectivity index (χ3n) is 3.97. The van der Waals surface area contributed by atoms with Crippen molar-refractivity contribution in [1.82, 2.24) is 9.88 Å². The lowest BCUT2D eigenvalue weighted by Crippen LogP contribution is -2.45. The number of carbonyl (C=O) groups excluding carboxylic acids is 1. The quantitative estimate of drug-likeness (QED) is 0.868. The topological polar surface area (TPSA) is 62.7 Å². The van der Waals surface area contributed by atoms with Crippen LogP contribution in [0.3, 0.4) is 0 Å². The van der Waals surface area contributed by atoms with Crippen molar-refractivity contribution in [3.05, 3.63) is 30.1 Å². The summed E-state index contributed by atoms with van der Waals surface area (Å²) in [5.74, 6) is 0.0531. The molecule has 5 heteroatoms. The van der Waals surface area contributed by atoms with Crippen molar-refractivity contribution in [3.63, 3.8) is 0 Å². The number of amides is 1. The summed E-state index contributed by atoms with van der Waals surface area (Å²) in [6, 6.07) is 3.73. The van der Waals surface area contributed by atoms with Gasteiger partial charge in [-0.25, -0.2) is 0 Å². The van der Waals surface area contributed by atoms with Gasteiger partial charge in [0.2, 0.25) is 5.91 Å². The van der Waals surface area contributed by atoms with Crippen molar-refractivity contribution in [2.45, 2.75) is 19.3 Å². The molecule has 2 heterocycles. The van der Waals surface area contributed by atoms with Gasteiger partial charge in [-0.15, -0.1) is 0 Å². The number of rotatable bonds is 5. The number of hydrogen-bond donors (Lipinski definition) is 1. The number of aliphatic hydroxyl groups is 1. The van der Waals surface area contributed by atoms with Gasteiger partial charge in [0.25, 0.3) is 0 Å². The van der Waals surface area contributed by atoms with E-state index in [0.29, 0.717) is 26.2 Å². The minimum Gasteiger partial charge on any atom is -0.396 e. The highest BCUT2D eigenvalue weighted by molar-refractivity contribution is 5.78. The monoisotopic (exact) mass is 278 g/mol. The van der Waals surface area contributed by atoms with Crippen LogP contribution >= 0.6 is 0 Å². The molecule has 0 spiro atoms. The Kier molecular flexibility index (Phi) is 5.09. The molecule has 0 aliphatic carbocycles. The molecule has 1 aliphatic rings. The molecule has 0 unspecified atom stereocenters. The van der Waals surface area contributed by atoms with Crippen LogP contribution in [-0.2, 0) is 16.0 Å². The van der Waals surface area contributed by atoms with E-state index in [1.54, 1.807) is 24.3 Å². The van der Waals surface area contributed by atoms with Gasteiger partial charge in [0, 0.05) is 44.6 Å². The number of aliphatic hydroxyl groups excluding tert-OH is 1. The van der Waals surface area contributed by atoms with E-state index in [1.807, 2.05) is 12.1 Å². The molecule has 110 valence electrons. The first-order valence-corrected chi connectivity index (χ1v) is 6.97. The Hall–Kier alpha value is -1.46. The van der Waals surface area contributed by atoms with Crippen molar-refractivity contribution in [1.29, 1.82) is 0 Å². The van der Waals surface area contributed by atoms with Gasteiger partial charge in [0.1, 0.15) is 0 Å². The summed E-state index contributed by atoms with van der Waals surface area (Å²) in [6.45, 7) is 1.99. The number of ether oxygens (including phenoxy) is 1. The zero-order chi connectivity index (χ0) is 14.4. The second-order valence-electron chi connectivity index (χ2n) is 5.56. The van der Waals surface area contributed by atoms with Gasteiger partial charge >= 0.3 is 0 Å². The predicted octanol–water partition coefficient (Wildman–Crippen LogP) is 0.872. The molecule has 1 fully saturated rings. The molecule has 0 radical (unpaired) electrons. The van der Waals surface area contributed by atoms with Crippen LogP contribution in [-0.4, -0.2) is 54.3 Å². The summed E-state index contributed by atoms with van der Waals surface area (Å²) in [6.07, 6.45) is 5.35. The average molecular weight is 278 g/mol. The number of nitrogens with zero attached hydrogens (tertiary/aromatic N) is 2. The number of likely N-dealkylation sites (N-methyl/N-ethyl adjacent to an activating group) is 1. The summed E-state index contributed by atoms with van der Waals surface area (Å²) in [5, 5.41) is 9.66. The molecule has 1 amide bonds. The summed E-state index contributed by atoms with van der Waals surface area (Å²) in [5.41, 5.74) is 0.701. The molecule has 0 bridgehead atoms. The fourth-order valence-corrected chi connectivity index (χ4v) is 2.57. The highest BCUT2D eigenvalue weighted by Gasteiger charge is 2.34. The number of pyridine rings is 1. The van der Waals surface area contributed by atoms with Gasteiger partial charge in [-0.05, 0) is 24.5 Å². The van der Waals surface area contributed by atoms with E-state index in [-0.39, 0.29) is 17.9 Å². The zero-order valence-corrected chi connectivity index (χ0v) is 11.9. The lowest BCUT2D eigenvalue weighted by Gasteiger charge is -2.38. The van der Waals surface area contributed by atoms with Gasteiger partial charge in [0.15, 0.2) is 0 Å². The molecule has 1 aromatic heterocycles. The maximum absolute atomic E-state index is 12.2. The molecule has 1 aliphatic heterocycles. The van der Waals surface area contributed by atoms with Crippen LogP contribution in [0, 0.1) is 5.41 Å². The van der Waals surface area contributed by atoms with Crippen molar-refractivity contribution < 1.29 is 14.6 Å². The van der Waals surface area contributed by atoms with Gasteiger partial charge in [-0.1, -0.05) is 6.07 Å². The van der Waals surface area contributed by atoms with Gasteiger partial charge in [0.05, 0.1) is 13.0 Å². The summed E-state index contributed by atoms with van der Waals surface area (Å²) in [4.78, 5) is 18.0. The minimum absolute atomic E-state index is 0.0531. The Morgan fingerprint density at radius 1 is 1.50 bits per heavy atom. The van der Waals surface area contributed by atoms with Crippen LogP contribution in [0.25, 0.3) is 0 Å². The molecule has 0 aromatic carbocycles. The summed E-state index contributed by atoms with van der Waals surface area (Å²) < 4.78 is 5.34. The third kappa shape index (κ3) is 3.77. The molecular weight excluding hydrogens is 256 g/mol. The number of hydrogen-bond acceptors (Lipinski definition) is 4. The molecule has 1 aromatic rings. The van der Waals surface area contributed by atoms with Crippen LogP contribution < -0.4 is 0 Å². The molecule has 0 saturated carbocycles. The first kappa shape index (κ1) is 14.9. The summed E-state index contributed by atoms with van der Waals surface area (Å²) in [7, 11) is 1.80. The first-order chi connectivity index (χ1) is 9.65. The van der Waals surface area contributed by atoms with Crippen molar-refractivity contribution in [2.24, 2.45) is 5.41 Å². The Morgan fingerprint density at radius 3 is 2.85 bits per heavy atom. The van der Waals surface area contributed by atoms with E-state index in [1.165, 1.54) is 0 Å². The van der Waals surface area contributed by atoms with Gasteiger partial charge in [-0.2, -0.15) is 0 Å². The molecule has 2 rings (SSSR count).